The Morgan fingerprint density at radius 3 is 2.78 bits per heavy atom. The monoisotopic (exact) mass is 250 g/mol. The second kappa shape index (κ2) is 7.80. The van der Waals surface area contributed by atoms with Gasteiger partial charge in [-0.1, -0.05) is 0 Å². The Hall–Kier alpha value is -1.44. The highest BCUT2D eigenvalue weighted by Crippen LogP contribution is 2.13. The Bertz CT molecular complexity index is 415. The molecule has 1 N–H and O–H groups in total. The fourth-order valence-electron chi connectivity index (χ4n) is 1.84. The second-order valence-corrected chi connectivity index (χ2v) is 4.44. The van der Waals surface area contributed by atoms with Crippen LogP contribution in [0, 0.1) is 17.1 Å². The fraction of sp³-hybridized carbons (Fsp3) is 0.500. The van der Waals surface area contributed by atoms with E-state index in [-0.39, 0.29) is 12.4 Å². The lowest BCUT2D eigenvalue weighted by atomic mass is 10.1. The molecule has 0 aromatic heterocycles. The number of unbranched alkanes of at least 4 members (excludes halogenated alkanes) is 2. The van der Waals surface area contributed by atoms with Crippen LogP contribution in [0.4, 0.5) is 4.39 Å². The second-order valence-electron chi connectivity index (χ2n) is 4.44. The van der Waals surface area contributed by atoms with Crippen molar-refractivity contribution in [2.75, 3.05) is 20.2 Å². The average molecular weight is 250 g/mol. The number of benzene rings is 1. The summed E-state index contributed by atoms with van der Waals surface area (Å²) in [6.07, 6.45) is 2.79. The minimum atomic E-state index is -0.308. The van der Waals surface area contributed by atoms with Gasteiger partial charge in [-0.15, -0.1) is 0 Å². The van der Waals surface area contributed by atoms with E-state index in [9.17, 15) is 4.39 Å². The predicted molar refractivity (Wildman–Crippen MR) is 68.4 cm³/mol. The number of hydrogen-bond donors (Lipinski definition) is 1. The van der Waals surface area contributed by atoms with E-state index in [4.69, 9.17) is 10.4 Å². The molecule has 98 valence electrons. The Kier molecular flexibility index (Phi) is 6.34. The minimum Gasteiger partial charge on any atom is -0.396 e. The van der Waals surface area contributed by atoms with Gasteiger partial charge in [0.15, 0.2) is 0 Å². The molecule has 3 nitrogen and oxygen atoms in total. The molecule has 18 heavy (non-hydrogen) atoms. The maximum Gasteiger partial charge on any atom is 0.123 e. The summed E-state index contributed by atoms with van der Waals surface area (Å²) >= 11 is 0. The highest BCUT2D eigenvalue weighted by Gasteiger charge is 2.06. The standard InChI is InChI=1S/C14H19FN2O/c1-17(7-3-2-4-8-18)11-13-9-14(15)6-5-12(13)10-16/h5-6,9,18H,2-4,7-8,11H2,1H3. The highest BCUT2D eigenvalue weighted by molar-refractivity contribution is 5.37. The van der Waals surface area contributed by atoms with E-state index in [2.05, 4.69) is 11.0 Å². The smallest absolute Gasteiger partial charge is 0.123 e. The molecule has 0 aliphatic carbocycles. The molecule has 4 heteroatoms. The molecule has 0 unspecified atom stereocenters. The number of nitriles is 1. The number of halogens is 1. The van der Waals surface area contributed by atoms with Crippen LogP contribution in [0.25, 0.3) is 0 Å². The number of aliphatic hydroxyl groups is 1. The normalized spacial score (nSPS) is 10.6. The number of rotatable bonds is 7. The first-order valence-electron chi connectivity index (χ1n) is 6.15. The lowest BCUT2D eigenvalue weighted by Gasteiger charge is -2.17. The molecule has 1 rings (SSSR count). The third kappa shape index (κ3) is 4.82. The van der Waals surface area contributed by atoms with Gasteiger partial charge in [-0.05, 0) is 56.6 Å². The van der Waals surface area contributed by atoms with Gasteiger partial charge in [-0.2, -0.15) is 5.26 Å². The summed E-state index contributed by atoms with van der Waals surface area (Å²) in [6.45, 7) is 1.67. The predicted octanol–water partition coefficient (Wildman–Crippen LogP) is 2.29. The SMILES string of the molecule is CN(CCCCCO)Cc1cc(F)ccc1C#N. The summed E-state index contributed by atoms with van der Waals surface area (Å²) in [7, 11) is 1.95. The maximum atomic E-state index is 13.1. The molecule has 0 bridgehead atoms. The topological polar surface area (TPSA) is 47.3 Å². The van der Waals surface area contributed by atoms with Gasteiger partial charge in [0.05, 0.1) is 11.6 Å². The number of hydrogen-bond acceptors (Lipinski definition) is 3. The van der Waals surface area contributed by atoms with Gasteiger partial charge in [0.1, 0.15) is 5.82 Å². The summed E-state index contributed by atoms with van der Waals surface area (Å²) in [5, 5.41) is 17.6. The van der Waals surface area contributed by atoms with Crippen molar-refractivity contribution in [2.24, 2.45) is 0 Å². The first-order chi connectivity index (χ1) is 8.67. The molecular formula is C14H19FN2O. The van der Waals surface area contributed by atoms with Crippen LogP contribution >= 0.6 is 0 Å². The lowest BCUT2D eigenvalue weighted by Crippen LogP contribution is -2.19. The van der Waals surface area contributed by atoms with Gasteiger partial charge in [0.25, 0.3) is 0 Å². The Morgan fingerprint density at radius 2 is 2.11 bits per heavy atom. The van der Waals surface area contributed by atoms with Crippen molar-refractivity contribution >= 4 is 0 Å². The quantitative estimate of drug-likeness (QED) is 0.755. The lowest BCUT2D eigenvalue weighted by molar-refractivity contribution is 0.271. The van der Waals surface area contributed by atoms with Crippen LogP contribution in [0.2, 0.25) is 0 Å². The van der Waals surface area contributed by atoms with Crippen molar-refractivity contribution < 1.29 is 9.50 Å². The molecule has 0 aliphatic heterocycles. The largest absolute Gasteiger partial charge is 0.396 e. The first kappa shape index (κ1) is 14.6. The van der Waals surface area contributed by atoms with Crippen molar-refractivity contribution in [1.82, 2.24) is 4.90 Å². The van der Waals surface area contributed by atoms with Crippen LogP contribution in [0.3, 0.4) is 0 Å². The van der Waals surface area contributed by atoms with E-state index in [0.717, 1.165) is 31.4 Å². The molecule has 1 aromatic carbocycles. The molecule has 0 spiro atoms. The van der Waals surface area contributed by atoms with Crippen LogP contribution < -0.4 is 0 Å². The molecule has 0 radical (unpaired) electrons. The van der Waals surface area contributed by atoms with Crippen LogP contribution in [0.15, 0.2) is 18.2 Å². The van der Waals surface area contributed by atoms with Crippen molar-refractivity contribution in [3.05, 3.63) is 35.1 Å². The molecule has 0 heterocycles. The molecule has 0 saturated heterocycles. The fourth-order valence-corrected chi connectivity index (χ4v) is 1.84. The Morgan fingerprint density at radius 1 is 1.33 bits per heavy atom. The zero-order valence-corrected chi connectivity index (χ0v) is 10.7. The minimum absolute atomic E-state index is 0.228. The Balaban J connectivity index is 2.51. The third-order valence-electron chi connectivity index (χ3n) is 2.83. The molecule has 0 saturated carbocycles. The van der Waals surface area contributed by atoms with Gasteiger partial charge >= 0.3 is 0 Å². The molecule has 1 aromatic rings. The van der Waals surface area contributed by atoms with E-state index in [0.29, 0.717) is 12.1 Å². The summed E-state index contributed by atoms with van der Waals surface area (Å²) in [4.78, 5) is 2.06. The number of aliphatic hydroxyl groups excluding tert-OH is 1. The van der Waals surface area contributed by atoms with Crippen LogP contribution in [0.5, 0.6) is 0 Å². The van der Waals surface area contributed by atoms with Gasteiger partial charge in [-0.3, -0.25) is 0 Å². The first-order valence-corrected chi connectivity index (χ1v) is 6.15. The molecule has 0 aliphatic rings. The zero-order chi connectivity index (χ0) is 13.4. The zero-order valence-electron chi connectivity index (χ0n) is 10.7. The van der Waals surface area contributed by atoms with Crippen molar-refractivity contribution in [2.45, 2.75) is 25.8 Å². The molecule has 0 atom stereocenters. The third-order valence-corrected chi connectivity index (χ3v) is 2.83. The van der Waals surface area contributed by atoms with Gasteiger partial charge in [0, 0.05) is 13.2 Å². The van der Waals surface area contributed by atoms with Crippen molar-refractivity contribution in [1.29, 1.82) is 5.26 Å². The summed E-state index contributed by atoms with van der Waals surface area (Å²) < 4.78 is 13.1. The summed E-state index contributed by atoms with van der Waals surface area (Å²) in [5.74, 6) is -0.308. The summed E-state index contributed by atoms with van der Waals surface area (Å²) in [5.41, 5.74) is 1.25. The van der Waals surface area contributed by atoms with Crippen LogP contribution in [-0.2, 0) is 6.54 Å². The highest BCUT2D eigenvalue weighted by atomic mass is 19.1. The van der Waals surface area contributed by atoms with Crippen molar-refractivity contribution in [3.8, 4) is 6.07 Å². The van der Waals surface area contributed by atoms with Gasteiger partial charge in [-0.25, -0.2) is 4.39 Å². The van der Waals surface area contributed by atoms with E-state index >= 15 is 0 Å². The average Bonchev–Trinajstić information content (AvgIpc) is 2.35. The van der Waals surface area contributed by atoms with E-state index in [1.165, 1.54) is 18.2 Å². The van der Waals surface area contributed by atoms with E-state index in [1.54, 1.807) is 0 Å². The van der Waals surface area contributed by atoms with Crippen molar-refractivity contribution in [3.63, 3.8) is 0 Å². The maximum absolute atomic E-state index is 13.1. The van der Waals surface area contributed by atoms with Gasteiger partial charge < -0.3 is 10.0 Å². The molecule has 0 fully saturated rings. The molecular weight excluding hydrogens is 231 g/mol. The van der Waals surface area contributed by atoms with Crippen LogP contribution in [0.1, 0.15) is 30.4 Å². The van der Waals surface area contributed by atoms with Crippen LogP contribution in [-0.4, -0.2) is 30.2 Å². The molecule has 0 amide bonds. The van der Waals surface area contributed by atoms with E-state index in [1.807, 2.05) is 7.05 Å². The van der Waals surface area contributed by atoms with E-state index < -0.39 is 0 Å². The number of nitrogens with zero attached hydrogens (tertiary/aromatic N) is 2. The van der Waals surface area contributed by atoms with Gasteiger partial charge in [0.2, 0.25) is 0 Å². The Labute approximate surface area is 107 Å². The summed E-state index contributed by atoms with van der Waals surface area (Å²) in [6, 6.07) is 6.32.